The number of benzene rings is 2. The second kappa shape index (κ2) is 8.36. The zero-order valence-corrected chi connectivity index (χ0v) is 17.1. The molecule has 0 radical (unpaired) electrons. The van der Waals surface area contributed by atoms with E-state index in [1.54, 1.807) is 36.4 Å². The Morgan fingerprint density at radius 3 is 2.52 bits per heavy atom. The quantitative estimate of drug-likeness (QED) is 0.507. The number of ether oxygens (including phenoxy) is 2. The van der Waals surface area contributed by atoms with Crippen LogP contribution in [0.1, 0.15) is 12.5 Å². The molecule has 9 heteroatoms. The fourth-order valence-corrected chi connectivity index (χ4v) is 3.06. The van der Waals surface area contributed by atoms with Crippen molar-refractivity contribution in [2.24, 2.45) is 0 Å². The third-order valence-corrected chi connectivity index (χ3v) is 4.83. The van der Waals surface area contributed by atoms with E-state index in [9.17, 15) is 14.4 Å². The number of amides is 2. The van der Waals surface area contributed by atoms with E-state index in [0.717, 1.165) is 0 Å². The standard InChI is InChI=1S/C20H17BrN2O6/c1-11(20(26)27)29-17-10-15(21)12(9-16(17)28-2)8-14-18(24)22-23(19(14)25)13-6-4-3-5-7-13/h3-11H,1-2H3,(H,22,24)(H,26,27)/b14-8-/t11-/m1/s1. The minimum atomic E-state index is -1.12. The van der Waals surface area contributed by atoms with Crippen LogP contribution in [0.4, 0.5) is 5.69 Å². The number of carboxylic acid groups (broad SMARTS) is 1. The van der Waals surface area contributed by atoms with E-state index in [1.807, 2.05) is 0 Å². The largest absolute Gasteiger partial charge is 0.493 e. The van der Waals surface area contributed by atoms with Gasteiger partial charge in [-0.25, -0.2) is 9.80 Å². The maximum atomic E-state index is 12.7. The summed E-state index contributed by atoms with van der Waals surface area (Å²) in [5.74, 6) is -1.68. The molecular formula is C20H17BrN2O6. The Bertz CT molecular complexity index is 1010. The first-order valence-corrected chi connectivity index (χ1v) is 9.30. The highest BCUT2D eigenvalue weighted by atomic mass is 79.9. The van der Waals surface area contributed by atoms with E-state index in [2.05, 4.69) is 21.4 Å². The third kappa shape index (κ3) is 4.24. The monoisotopic (exact) mass is 460 g/mol. The molecule has 2 aromatic carbocycles. The van der Waals surface area contributed by atoms with E-state index < -0.39 is 23.9 Å². The van der Waals surface area contributed by atoms with E-state index in [0.29, 0.717) is 15.7 Å². The topological polar surface area (TPSA) is 105 Å². The van der Waals surface area contributed by atoms with Gasteiger partial charge in [-0.2, -0.15) is 0 Å². The normalized spacial score (nSPS) is 16.0. The Morgan fingerprint density at radius 1 is 1.21 bits per heavy atom. The summed E-state index contributed by atoms with van der Waals surface area (Å²) in [5, 5.41) is 10.2. The van der Waals surface area contributed by atoms with Crippen LogP contribution < -0.4 is 19.9 Å². The molecule has 0 spiro atoms. The fourth-order valence-electron chi connectivity index (χ4n) is 2.63. The Morgan fingerprint density at radius 2 is 1.90 bits per heavy atom. The number of methoxy groups -OCH3 is 1. The van der Waals surface area contributed by atoms with Crippen LogP contribution in [0.2, 0.25) is 0 Å². The van der Waals surface area contributed by atoms with Gasteiger partial charge < -0.3 is 14.6 Å². The second-order valence-electron chi connectivity index (χ2n) is 6.10. The van der Waals surface area contributed by atoms with Gasteiger partial charge in [0.05, 0.1) is 12.8 Å². The highest BCUT2D eigenvalue weighted by Gasteiger charge is 2.34. The summed E-state index contributed by atoms with van der Waals surface area (Å²) in [5.41, 5.74) is 3.51. The van der Waals surface area contributed by atoms with Crippen molar-refractivity contribution in [3.8, 4) is 11.5 Å². The van der Waals surface area contributed by atoms with Crippen LogP contribution in [0.3, 0.4) is 0 Å². The first-order chi connectivity index (χ1) is 13.8. The van der Waals surface area contributed by atoms with Gasteiger partial charge in [-0.3, -0.25) is 15.0 Å². The van der Waals surface area contributed by atoms with Crippen LogP contribution in [0.15, 0.2) is 52.5 Å². The van der Waals surface area contributed by atoms with Gasteiger partial charge in [-0.05, 0) is 42.8 Å². The van der Waals surface area contributed by atoms with Crippen molar-refractivity contribution in [3.63, 3.8) is 0 Å². The lowest BCUT2D eigenvalue weighted by atomic mass is 10.1. The highest BCUT2D eigenvalue weighted by Crippen LogP contribution is 2.36. The number of hydrogen-bond acceptors (Lipinski definition) is 5. The van der Waals surface area contributed by atoms with Gasteiger partial charge in [0.2, 0.25) is 0 Å². The Labute approximate surface area is 174 Å². The van der Waals surface area contributed by atoms with Crippen LogP contribution in [-0.4, -0.2) is 36.1 Å². The number of nitrogens with zero attached hydrogens (tertiary/aromatic N) is 1. The summed E-state index contributed by atoms with van der Waals surface area (Å²) in [6, 6.07) is 11.8. The summed E-state index contributed by atoms with van der Waals surface area (Å²) in [6.45, 7) is 1.39. The lowest BCUT2D eigenvalue weighted by Gasteiger charge is -2.15. The lowest BCUT2D eigenvalue weighted by molar-refractivity contribution is -0.144. The molecule has 2 aromatic rings. The Balaban J connectivity index is 1.94. The molecule has 1 heterocycles. The van der Waals surface area contributed by atoms with Crippen LogP contribution >= 0.6 is 15.9 Å². The van der Waals surface area contributed by atoms with E-state index in [1.165, 1.54) is 31.2 Å². The molecule has 1 aliphatic rings. The van der Waals surface area contributed by atoms with Crippen molar-refractivity contribution in [1.82, 2.24) is 5.43 Å². The van der Waals surface area contributed by atoms with Crippen LogP contribution in [0.5, 0.6) is 11.5 Å². The van der Waals surface area contributed by atoms with Crippen LogP contribution in [0.25, 0.3) is 6.08 Å². The summed E-state index contributed by atoms with van der Waals surface area (Å²) < 4.78 is 11.2. The number of halogens is 1. The number of carbonyl (C=O) groups is 3. The summed E-state index contributed by atoms with van der Waals surface area (Å²) in [4.78, 5) is 36.1. The average molecular weight is 461 g/mol. The molecular weight excluding hydrogens is 444 g/mol. The van der Waals surface area contributed by atoms with Gasteiger partial charge in [0.15, 0.2) is 17.6 Å². The predicted octanol–water partition coefficient (Wildman–Crippen LogP) is 2.77. The van der Waals surface area contributed by atoms with Gasteiger partial charge in [0.25, 0.3) is 11.8 Å². The third-order valence-electron chi connectivity index (χ3n) is 4.14. The summed E-state index contributed by atoms with van der Waals surface area (Å²) in [6.07, 6.45) is 0.346. The van der Waals surface area contributed by atoms with Crippen LogP contribution in [0, 0.1) is 0 Å². The zero-order valence-electron chi connectivity index (χ0n) is 15.5. The number of anilines is 1. The Kier molecular flexibility index (Phi) is 5.88. The smallest absolute Gasteiger partial charge is 0.344 e. The second-order valence-corrected chi connectivity index (χ2v) is 6.95. The van der Waals surface area contributed by atoms with Crippen molar-refractivity contribution in [2.45, 2.75) is 13.0 Å². The average Bonchev–Trinajstić information content (AvgIpc) is 2.98. The zero-order chi connectivity index (χ0) is 21.1. The number of rotatable bonds is 6. The van der Waals surface area contributed by atoms with Crippen molar-refractivity contribution >= 4 is 45.5 Å². The van der Waals surface area contributed by atoms with E-state index in [-0.39, 0.29) is 17.1 Å². The van der Waals surface area contributed by atoms with Crippen LogP contribution in [-0.2, 0) is 14.4 Å². The first kappa shape index (κ1) is 20.4. The number of nitrogens with one attached hydrogen (secondary N) is 1. The molecule has 150 valence electrons. The van der Waals surface area contributed by atoms with Crippen molar-refractivity contribution in [1.29, 1.82) is 0 Å². The number of hydrazine groups is 1. The summed E-state index contributed by atoms with van der Waals surface area (Å²) in [7, 11) is 1.41. The number of para-hydroxylation sites is 1. The lowest BCUT2D eigenvalue weighted by Crippen LogP contribution is -2.35. The Hall–Kier alpha value is -3.33. The minimum absolute atomic E-state index is 0.0517. The van der Waals surface area contributed by atoms with Gasteiger partial charge in [-0.1, -0.05) is 34.1 Å². The first-order valence-electron chi connectivity index (χ1n) is 8.51. The van der Waals surface area contributed by atoms with Gasteiger partial charge >= 0.3 is 5.97 Å². The van der Waals surface area contributed by atoms with Gasteiger partial charge in [0.1, 0.15) is 5.57 Å². The predicted molar refractivity (Wildman–Crippen MR) is 108 cm³/mol. The summed E-state index contributed by atoms with van der Waals surface area (Å²) >= 11 is 3.36. The molecule has 3 rings (SSSR count). The van der Waals surface area contributed by atoms with Crippen molar-refractivity contribution < 1.29 is 29.0 Å². The van der Waals surface area contributed by atoms with Gasteiger partial charge in [-0.15, -0.1) is 0 Å². The molecule has 1 saturated heterocycles. The molecule has 0 bridgehead atoms. The number of carbonyl (C=O) groups excluding carboxylic acids is 2. The maximum Gasteiger partial charge on any atom is 0.344 e. The molecule has 1 aliphatic heterocycles. The van der Waals surface area contributed by atoms with E-state index >= 15 is 0 Å². The minimum Gasteiger partial charge on any atom is -0.493 e. The maximum absolute atomic E-state index is 12.7. The molecule has 0 saturated carbocycles. The molecule has 0 aliphatic carbocycles. The highest BCUT2D eigenvalue weighted by molar-refractivity contribution is 9.10. The molecule has 0 unspecified atom stereocenters. The number of carboxylic acids is 1. The molecule has 1 atom stereocenters. The molecule has 1 fully saturated rings. The molecule has 29 heavy (non-hydrogen) atoms. The molecule has 0 aromatic heterocycles. The van der Waals surface area contributed by atoms with Gasteiger partial charge in [0, 0.05) is 4.47 Å². The molecule has 2 N–H and O–H groups in total. The molecule has 2 amide bonds. The SMILES string of the molecule is COc1cc(/C=C2/C(=O)NN(c3ccccc3)C2=O)c(Br)cc1O[C@H](C)C(=O)O. The number of hydrogen-bond donors (Lipinski definition) is 2. The van der Waals surface area contributed by atoms with Crippen molar-refractivity contribution in [3.05, 3.63) is 58.1 Å². The van der Waals surface area contributed by atoms with E-state index in [4.69, 9.17) is 14.6 Å². The number of aliphatic carboxylic acids is 1. The fraction of sp³-hybridized carbons (Fsp3) is 0.150. The molecule has 8 nitrogen and oxygen atoms in total. The van der Waals surface area contributed by atoms with Crippen molar-refractivity contribution in [2.75, 3.05) is 12.1 Å².